The maximum Gasteiger partial charge on any atom is 0.255 e. The lowest BCUT2D eigenvalue weighted by Crippen LogP contribution is -2.40. The number of nitrogens with one attached hydrogen (secondary N) is 3. The summed E-state index contributed by atoms with van der Waals surface area (Å²) in [6.07, 6.45) is 0.966. The van der Waals surface area contributed by atoms with Gasteiger partial charge in [-0.15, -0.1) is 0 Å². The summed E-state index contributed by atoms with van der Waals surface area (Å²) in [5, 5.41) is 5.50. The Morgan fingerprint density at radius 1 is 1.07 bits per heavy atom. The summed E-state index contributed by atoms with van der Waals surface area (Å²) < 4.78 is 27.6. The van der Waals surface area contributed by atoms with E-state index in [1.165, 1.54) is 12.1 Å². The van der Waals surface area contributed by atoms with Crippen molar-refractivity contribution in [2.45, 2.75) is 44.0 Å². The molecule has 8 heteroatoms. The summed E-state index contributed by atoms with van der Waals surface area (Å²) in [7, 11) is -3.70. The third-order valence-electron chi connectivity index (χ3n) is 4.11. The SMILES string of the molecule is CC(C)(C)NS(=O)(=O)c1cccc(NC(=O)c2ccc3c(c2)CCC(=O)N3)c1. The molecule has 1 aliphatic heterocycles. The number of hydrogen-bond donors (Lipinski definition) is 3. The van der Waals surface area contributed by atoms with E-state index in [2.05, 4.69) is 15.4 Å². The van der Waals surface area contributed by atoms with E-state index in [0.717, 1.165) is 5.56 Å². The van der Waals surface area contributed by atoms with E-state index in [1.807, 2.05) is 0 Å². The number of carbonyl (C=O) groups is 2. The molecule has 0 unspecified atom stereocenters. The molecule has 0 bridgehead atoms. The number of sulfonamides is 1. The molecule has 1 aliphatic rings. The summed E-state index contributed by atoms with van der Waals surface area (Å²) in [4.78, 5) is 24.1. The minimum absolute atomic E-state index is 0.0356. The molecular formula is C20H23N3O4S. The van der Waals surface area contributed by atoms with Crippen LogP contribution in [0.25, 0.3) is 0 Å². The van der Waals surface area contributed by atoms with Crippen LogP contribution in [-0.4, -0.2) is 25.8 Å². The number of rotatable bonds is 4. The highest BCUT2D eigenvalue weighted by Crippen LogP contribution is 2.24. The third kappa shape index (κ3) is 4.76. The Balaban J connectivity index is 1.79. The molecular weight excluding hydrogens is 378 g/mol. The predicted octanol–water partition coefficient (Wildman–Crippen LogP) is 2.90. The van der Waals surface area contributed by atoms with Crippen molar-refractivity contribution in [2.75, 3.05) is 10.6 Å². The lowest BCUT2D eigenvalue weighted by Gasteiger charge is -2.20. The van der Waals surface area contributed by atoms with Crippen LogP contribution in [-0.2, 0) is 21.2 Å². The van der Waals surface area contributed by atoms with E-state index >= 15 is 0 Å². The van der Waals surface area contributed by atoms with Gasteiger partial charge in [-0.1, -0.05) is 6.07 Å². The van der Waals surface area contributed by atoms with Crippen molar-refractivity contribution >= 4 is 33.2 Å². The Labute approximate surface area is 164 Å². The smallest absolute Gasteiger partial charge is 0.255 e. The highest BCUT2D eigenvalue weighted by Gasteiger charge is 2.22. The quantitative estimate of drug-likeness (QED) is 0.733. The average molecular weight is 401 g/mol. The standard InChI is InChI=1S/C20H23N3O4S/c1-20(2,3)23-28(26,27)16-6-4-5-15(12-16)21-19(25)14-7-9-17-13(11-14)8-10-18(24)22-17/h4-7,9,11-12,23H,8,10H2,1-3H3,(H,21,25)(H,22,24). The Kier molecular flexibility index (Phi) is 5.27. The number of hydrogen-bond acceptors (Lipinski definition) is 4. The molecule has 148 valence electrons. The van der Waals surface area contributed by atoms with E-state index < -0.39 is 15.6 Å². The Morgan fingerprint density at radius 2 is 1.82 bits per heavy atom. The fourth-order valence-electron chi connectivity index (χ4n) is 2.93. The van der Waals surface area contributed by atoms with Crippen LogP contribution >= 0.6 is 0 Å². The highest BCUT2D eigenvalue weighted by atomic mass is 32.2. The first-order valence-corrected chi connectivity index (χ1v) is 10.4. The molecule has 0 aliphatic carbocycles. The predicted molar refractivity (Wildman–Crippen MR) is 108 cm³/mol. The van der Waals surface area contributed by atoms with Gasteiger partial charge in [0, 0.05) is 28.9 Å². The second-order valence-electron chi connectivity index (χ2n) is 7.76. The second-order valence-corrected chi connectivity index (χ2v) is 9.44. The minimum Gasteiger partial charge on any atom is -0.326 e. The molecule has 3 N–H and O–H groups in total. The number of aryl methyl sites for hydroxylation is 1. The molecule has 0 saturated carbocycles. The Morgan fingerprint density at radius 3 is 2.54 bits per heavy atom. The highest BCUT2D eigenvalue weighted by molar-refractivity contribution is 7.89. The Bertz CT molecular complexity index is 1040. The van der Waals surface area contributed by atoms with Crippen molar-refractivity contribution < 1.29 is 18.0 Å². The molecule has 2 amide bonds. The van der Waals surface area contributed by atoms with E-state index in [9.17, 15) is 18.0 Å². The zero-order valence-electron chi connectivity index (χ0n) is 16.0. The van der Waals surface area contributed by atoms with Crippen LogP contribution < -0.4 is 15.4 Å². The van der Waals surface area contributed by atoms with Crippen molar-refractivity contribution in [1.82, 2.24) is 4.72 Å². The van der Waals surface area contributed by atoms with Gasteiger partial charge >= 0.3 is 0 Å². The summed E-state index contributed by atoms with van der Waals surface area (Å²) in [6, 6.07) is 11.2. The fourth-order valence-corrected chi connectivity index (χ4v) is 4.39. The number of fused-ring (bicyclic) bond motifs is 1. The van der Waals surface area contributed by atoms with Gasteiger partial charge in [0.05, 0.1) is 4.90 Å². The maximum absolute atomic E-state index is 12.6. The molecule has 0 spiro atoms. The number of benzene rings is 2. The van der Waals surface area contributed by atoms with Crippen LogP contribution in [0.5, 0.6) is 0 Å². The summed E-state index contributed by atoms with van der Waals surface area (Å²) in [6.45, 7) is 5.28. The molecule has 2 aromatic carbocycles. The van der Waals surface area contributed by atoms with E-state index in [4.69, 9.17) is 0 Å². The molecule has 7 nitrogen and oxygen atoms in total. The molecule has 3 rings (SSSR count). The normalized spacial score (nSPS) is 14.2. The van der Waals surface area contributed by atoms with Gasteiger partial charge in [0.15, 0.2) is 0 Å². The first-order chi connectivity index (χ1) is 13.0. The number of carbonyl (C=O) groups excluding carboxylic acids is 2. The molecule has 0 atom stereocenters. The fraction of sp³-hybridized carbons (Fsp3) is 0.300. The van der Waals surface area contributed by atoms with Gasteiger partial charge in [0.1, 0.15) is 0 Å². The van der Waals surface area contributed by atoms with Gasteiger partial charge in [-0.25, -0.2) is 13.1 Å². The van der Waals surface area contributed by atoms with Crippen molar-refractivity contribution in [1.29, 1.82) is 0 Å². The zero-order chi connectivity index (χ0) is 20.5. The first-order valence-electron chi connectivity index (χ1n) is 8.92. The molecule has 2 aromatic rings. The van der Waals surface area contributed by atoms with Crippen LogP contribution in [0.1, 0.15) is 43.1 Å². The summed E-state index contributed by atoms with van der Waals surface area (Å²) in [5.41, 5.74) is 1.83. The molecule has 0 radical (unpaired) electrons. The number of amides is 2. The van der Waals surface area contributed by atoms with Crippen LogP contribution in [0.2, 0.25) is 0 Å². The van der Waals surface area contributed by atoms with Gasteiger partial charge in [-0.05, 0) is 69.2 Å². The molecule has 28 heavy (non-hydrogen) atoms. The number of anilines is 2. The summed E-state index contributed by atoms with van der Waals surface area (Å²) in [5.74, 6) is -0.385. The topological polar surface area (TPSA) is 104 Å². The lowest BCUT2D eigenvalue weighted by molar-refractivity contribution is -0.116. The van der Waals surface area contributed by atoms with E-state index in [1.54, 1.807) is 51.1 Å². The maximum atomic E-state index is 12.6. The van der Waals surface area contributed by atoms with Crippen LogP contribution in [0.3, 0.4) is 0 Å². The lowest BCUT2D eigenvalue weighted by atomic mass is 10.00. The third-order valence-corrected chi connectivity index (χ3v) is 5.86. The van der Waals surface area contributed by atoms with Crippen molar-refractivity contribution in [3.05, 3.63) is 53.6 Å². The molecule has 0 aromatic heterocycles. The first kappa shape index (κ1) is 20.0. The molecule has 0 saturated heterocycles. The molecule has 0 fully saturated rings. The van der Waals surface area contributed by atoms with Gasteiger partial charge in [-0.2, -0.15) is 0 Å². The Hall–Kier alpha value is -2.71. The van der Waals surface area contributed by atoms with Crippen molar-refractivity contribution in [3.63, 3.8) is 0 Å². The van der Waals surface area contributed by atoms with Gasteiger partial charge in [-0.3, -0.25) is 9.59 Å². The minimum atomic E-state index is -3.70. The monoisotopic (exact) mass is 401 g/mol. The van der Waals surface area contributed by atoms with Gasteiger partial charge < -0.3 is 10.6 Å². The van der Waals surface area contributed by atoms with Crippen LogP contribution in [0, 0.1) is 0 Å². The largest absolute Gasteiger partial charge is 0.326 e. The van der Waals surface area contributed by atoms with Gasteiger partial charge in [0.2, 0.25) is 15.9 Å². The summed E-state index contributed by atoms with van der Waals surface area (Å²) >= 11 is 0. The average Bonchev–Trinajstić information content (AvgIpc) is 2.59. The van der Waals surface area contributed by atoms with E-state index in [0.29, 0.717) is 29.8 Å². The van der Waals surface area contributed by atoms with Gasteiger partial charge in [0.25, 0.3) is 5.91 Å². The zero-order valence-corrected chi connectivity index (χ0v) is 16.8. The second kappa shape index (κ2) is 7.37. The molecule has 1 heterocycles. The van der Waals surface area contributed by atoms with Crippen LogP contribution in [0.15, 0.2) is 47.4 Å². The van der Waals surface area contributed by atoms with Crippen molar-refractivity contribution in [2.24, 2.45) is 0 Å². The van der Waals surface area contributed by atoms with E-state index in [-0.39, 0.29) is 16.7 Å². The van der Waals surface area contributed by atoms with Crippen molar-refractivity contribution in [3.8, 4) is 0 Å². The van der Waals surface area contributed by atoms with Crippen LogP contribution in [0.4, 0.5) is 11.4 Å².